The molecule has 0 spiro atoms. The Balaban J connectivity index is 1.85. The Kier molecular flexibility index (Phi) is 6.30. The number of hydrogen-bond donors (Lipinski definition) is 0. The van der Waals surface area contributed by atoms with E-state index in [1.54, 1.807) is 28.8 Å². The molecule has 0 unspecified atom stereocenters. The van der Waals surface area contributed by atoms with Crippen molar-refractivity contribution >= 4 is 39.2 Å². The fourth-order valence-electron chi connectivity index (χ4n) is 2.91. The van der Waals surface area contributed by atoms with Gasteiger partial charge < -0.3 is 9.32 Å². The fraction of sp³-hybridized carbons (Fsp3) is 0.450. The largest absolute Gasteiger partial charge is 0.467 e. The first kappa shape index (κ1) is 20.7. The lowest BCUT2D eigenvalue weighted by Gasteiger charge is -2.17. The highest BCUT2D eigenvalue weighted by atomic mass is 32.2. The third-order valence-corrected chi connectivity index (χ3v) is 6.59. The maximum absolute atomic E-state index is 13.1. The summed E-state index contributed by atoms with van der Waals surface area (Å²) >= 11 is 2.85. The van der Waals surface area contributed by atoms with E-state index in [2.05, 4.69) is 13.8 Å². The predicted octanol–water partition coefficient (Wildman–Crippen LogP) is 4.07. The van der Waals surface area contributed by atoms with Crippen molar-refractivity contribution in [3.8, 4) is 0 Å². The van der Waals surface area contributed by atoms with Crippen LogP contribution in [0.25, 0.3) is 10.2 Å². The van der Waals surface area contributed by atoms with Crippen LogP contribution in [0.1, 0.15) is 30.0 Å². The van der Waals surface area contributed by atoms with Crippen LogP contribution in [0.15, 0.2) is 32.8 Å². The van der Waals surface area contributed by atoms with Crippen LogP contribution in [0.2, 0.25) is 0 Å². The standard InChI is InChI=1S/C20H25N3O3S2/c1-12(2)9-23-19(25)17-13(3)14(4)28-18(17)21-20(23)27-11-16(24)22(5)10-15-7-6-8-26-15/h6-8,12H,9-11H2,1-5H3. The Labute approximate surface area is 172 Å². The molecule has 1 amide bonds. The minimum atomic E-state index is -0.0367. The molecule has 150 valence electrons. The van der Waals surface area contributed by atoms with Crippen LogP contribution in [-0.4, -0.2) is 33.2 Å². The molecule has 0 aliphatic rings. The number of hydrogen-bond acceptors (Lipinski definition) is 6. The number of furan rings is 1. The van der Waals surface area contributed by atoms with Gasteiger partial charge in [-0.25, -0.2) is 4.98 Å². The van der Waals surface area contributed by atoms with E-state index in [0.29, 0.717) is 29.6 Å². The summed E-state index contributed by atoms with van der Waals surface area (Å²) in [4.78, 5) is 33.9. The maximum Gasteiger partial charge on any atom is 0.263 e. The van der Waals surface area contributed by atoms with Crippen molar-refractivity contribution in [2.75, 3.05) is 12.8 Å². The van der Waals surface area contributed by atoms with E-state index in [9.17, 15) is 9.59 Å². The number of fused-ring (bicyclic) bond motifs is 1. The van der Waals surface area contributed by atoms with Crippen molar-refractivity contribution in [3.05, 3.63) is 45.0 Å². The van der Waals surface area contributed by atoms with Gasteiger partial charge in [0, 0.05) is 18.5 Å². The van der Waals surface area contributed by atoms with Crippen LogP contribution in [0.3, 0.4) is 0 Å². The zero-order valence-electron chi connectivity index (χ0n) is 16.8. The van der Waals surface area contributed by atoms with E-state index in [0.717, 1.165) is 21.0 Å². The van der Waals surface area contributed by atoms with Crippen LogP contribution in [0.4, 0.5) is 0 Å². The van der Waals surface area contributed by atoms with Crippen LogP contribution >= 0.6 is 23.1 Å². The quantitative estimate of drug-likeness (QED) is 0.426. The number of aromatic nitrogens is 2. The van der Waals surface area contributed by atoms with Gasteiger partial charge in [-0.3, -0.25) is 14.2 Å². The molecule has 0 N–H and O–H groups in total. The van der Waals surface area contributed by atoms with Crippen molar-refractivity contribution in [1.29, 1.82) is 0 Å². The molecule has 8 heteroatoms. The number of thioether (sulfide) groups is 1. The molecule has 3 heterocycles. The Morgan fingerprint density at radius 2 is 2.14 bits per heavy atom. The van der Waals surface area contributed by atoms with Crippen LogP contribution in [0.5, 0.6) is 0 Å². The normalized spacial score (nSPS) is 11.5. The summed E-state index contributed by atoms with van der Waals surface area (Å²) in [7, 11) is 1.75. The van der Waals surface area contributed by atoms with E-state index in [-0.39, 0.29) is 17.2 Å². The van der Waals surface area contributed by atoms with Crippen LogP contribution in [-0.2, 0) is 17.9 Å². The molecule has 28 heavy (non-hydrogen) atoms. The van der Waals surface area contributed by atoms with Crippen molar-refractivity contribution < 1.29 is 9.21 Å². The monoisotopic (exact) mass is 419 g/mol. The third kappa shape index (κ3) is 4.33. The minimum Gasteiger partial charge on any atom is -0.467 e. The van der Waals surface area contributed by atoms with Gasteiger partial charge in [0.15, 0.2) is 5.16 Å². The molecule has 3 rings (SSSR count). The summed E-state index contributed by atoms with van der Waals surface area (Å²) < 4.78 is 7.02. The SMILES string of the molecule is Cc1sc2nc(SCC(=O)N(C)Cc3ccco3)n(CC(C)C)c(=O)c2c1C. The minimum absolute atomic E-state index is 0.0144. The summed E-state index contributed by atoms with van der Waals surface area (Å²) in [6.07, 6.45) is 1.59. The number of carbonyl (C=O) groups excluding carboxylic acids is 1. The zero-order chi connectivity index (χ0) is 20.4. The number of carbonyl (C=O) groups is 1. The summed E-state index contributed by atoms with van der Waals surface area (Å²) in [6, 6.07) is 3.64. The lowest BCUT2D eigenvalue weighted by atomic mass is 10.2. The molecule has 0 fully saturated rings. The lowest BCUT2D eigenvalue weighted by Crippen LogP contribution is -2.29. The zero-order valence-corrected chi connectivity index (χ0v) is 18.4. The van der Waals surface area contributed by atoms with Crippen LogP contribution in [0, 0.1) is 19.8 Å². The second-order valence-corrected chi connectivity index (χ2v) is 9.43. The average molecular weight is 420 g/mol. The van der Waals surface area contributed by atoms with Gasteiger partial charge in [0.2, 0.25) is 5.91 Å². The van der Waals surface area contributed by atoms with E-state index in [1.165, 1.54) is 23.1 Å². The molecular weight excluding hydrogens is 394 g/mol. The number of nitrogens with zero attached hydrogens (tertiary/aromatic N) is 3. The second kappa shape index (κ2) is 8.53. The Bertz CT molecular complexity index is 1040. The molecule has 3 aromatic heterocycles. The fourth-order valence-corrected chi connectivity index (χ4v) is 4.93. The highest BCUT2D eigenvalue weighted by Gasteiger charge is 2.19. The smallest absolute Gasteiger partial charge is 0.263 e. The van der Waals surface area contributed by atoms with Gasteiger partial charge in [0.05, 0.1) is 23.9 Å². The van der Waals surface area contributed by atoms with Gasteiger partial charge in [-0.2, -0.15) is 0 Å². The number of amides is 1. The Hall–Kier alpha value is -2.06. The number of rotatable bonds is 7. The highest BCUT2D eigenvalue weighted by Crippen LogP contribution is 2.28. The van der Waals surface area contributed by atoms with Crippen molar-refractivity contribution in [2.45, 2.75) is 45.9 Å². The molecule has 0 saturated carbocycles. The van der Waals surface area contributed by atoms with E-state index >= 15 is 0 Å². The number of aryl methyl sites for hydroxylation is 2. The van der Waals surface area contributed by atoms with Crippen molar-refractivity contribution in [2.24, 2.45) is 5.92 Å². The average Bonchev–Trinajstić information content (AvgIpc) is 3.23. The first-order valence-electron chi connectivity index (χ1n) is 9.17. The van der Waals surface area contributed by atoms with Crippen molar-refractivity contribution in [1.82, 2.24) is 14.5 Å². The molecule has 0 bridgehead atoms. The number of thiophene rings is 1. The van der Waals surface area contributed by atoms with Gasteiger partial charge in [-0.15, -0.1) is 11.3 Å². The predicted molar refractivity (Wildman–Crippen MR) is 114 cm³/mol. The summed E-state index contributed by atoms with van der Waals surface area (Å²) in [5.74, 6) is 1.22. The summed E-state index contributed by atoms with van der Waals surface area (Å²) in [5.41, 5.74) is 0.986. The lowest BCUT2D eigenvalue weighted by molar-refractivity contribution is -0.127. The highest BCUT2D eigenvalue weighted by molar-refractivity contribution is 7.99. The molecule has 0 aliphatic heterocycles. The van der Waals surface area contributed by atoms with E-state index in [1.807, 2.05) is 19.9 Å². The molecule has 0 saturated heterocycles. The first-order chi connectivity index (χ1) is 13.3. The van der Waals surface area contributed by atoms with Gasteiger partial charge in [0.1, 0.15) is 10.6 Å². The third-order valence-electron chi connectivity index (χ3n) is 4.53. The Morgan fingerprint density at radius 1 is 1.39 bits per heavy atom. The first-order valence-corrected chi connectivity index (χ1v) is 11.0. The molecular formula is C20H25N3O3S2. The second-order valence-electron chi connectivity index (χ2n) is 7.29. The Morgan fingerprint density at radius 3 is 2.79 bits per heavy atom. The topological polar surface area (TPSA) is 68.3 Å². The van der Waals surface area contributed by atoms with Gasteiger partial charge in [0.25, 0.3) is 5.56 Å². The van der Waals surface area contributed by atoms with Gasteiger partial charge in [-0.1, -0.05) is 25.6 Å². The molecule has 0 aliphatic carbocycles. The molecule has 0 aromatic carbocycles. The van der Waals surface area contributed by atoms with E-state index in [4.69, 9.17) is 9.40 Å². The molecule has 6 nitrogen and oxygen atoms in total. The molecule has 3 aromatic rings. The summed E-state index contributed by atoms with van der Waals surface area (Å²) in [5, 5.41) is 1.31. The van der Waals surface area contributed by atoms with Crippen LogP contribution < -0.4 is 5.56 Å². The van der Waals surface area contributed by atoms with Crippen molar-refractivity contribution in [3.63, 3.8) is 0 Å². The summed E-state index contributed by atoms with van der Waals surface area (Å²) in [6.45, 7) is 9.11. The maximum atomic E-state index is 13.1. The van der Waals surface area contributed by atoms with Gasteiger partial charge in [-0.05, 0) is 37.5 Å². The van der Waals surface area contributed by atoms with Gasteiger partial charge >= 0.3 is 0 Å². The van der Waals surface area contributed by atoms with E-state index < -0.39 is 0 Å². The molecule has 0 radical (unpaired) electrons. The molecule has 0 atom stereocenters.